The normalized spacial score (nSPS) is 25.0. The monoisotopic (exact) mass is 922 g/mol. The first-order chi connectivity index (χ1) is 34.3. The molecule has 18 rings (SSSR count). The maximum atomic E-state index is 11.6. The van der Waals surface area contributed by atoms with Crippen molar-refractivity contribution in [3.63, 3.8) is 0 Å². The summed E-state index contributed by atoms with van der Waals surface area (Å²) in [5.41, 5.74) is 19.6. The predicted octanol–water partition coefficient (Wildman–Crippen LogP) is 17.0. The van der Waals surface area contributed by atoms with Crippen LogP contribution in [0.5, 0.6) is 0 Å². The van der Waals surface area contributed by atoms with Crippen LogP contribution in [-0.4, -0.2) is 13.8 Å². The Kier molecular flexibility index (Phi) is 7.86. The molecule has 0 spiro atoms. The SMILES string of the molecule is CC(C)(C)Cc1cc2c3cc4c(cc3n3c5cnc6c(c5c(c1)c23)C1CC2CC(CC6C2)C1)c1cc(CC(C)(C)C)cc2c3c5c(c(C#N)cc3n4c12)C1(c2ccccc2)CCC5(c2ccccc2)CC1. The van der Waals surface area contributed by atoms with Crippen LogP contribution in [0.2, 0.25) is 0 Å². The Morgan fingerprint density at radius 3 is 1.56 bits per heavy atom. The van der Waals surface area contributed by atoms with Crippen LogP contribution in [-0.2, 0) is 23.7 Å². The van der Waals surface area contributed by atoms with E-state index in [0.29, 0.717) is 11.8 Å². The number of hydrogen-bond acceptors (Lipinski definition) is 2. The fourth-order valence-corrected chi connectivity index (χ4v) is 17.4. The van der Waals surface area contributed by atoms with E-state index in [1.165, 1.54) is 147 Å². The van der Waals surface area contributed by atoms with Gasteiger partial charge in [-0.1, -0.05) is 102 Å². The minimum absolute atomic E-state index is 0.0964. The molecular formula is C67H62N4. The summed E-state index contributed by atoms with van der Waals surface area (Å²) in [4.78, 5) is 5.56. The summed E-state index contributed by atoms with van der Waals surface area (Å²) < 4.78 is 5.26. The third kappa shape index (κ3) is 5.33. The summed E-state index contributed by atoms with van der Waals surface area (Å²) in [5.74, 6) is 2.89. The lowest BCUT2D eigenvalue weighted by Crippen LogP contribution is -2.49. The molecule has 6 aromatic carbocycles. The van der Waals surface area contributed by atoms with Crippen LogP contribution in [0, 0.1) is 34.0 Å². The molecule has 0 amide bonds. The second-order valence-electron chi connectivity index (χ2n) is 26.3. The topological polar surface area (TPSA) is 45.5 Å². The standard InChI is InChI=1S/C67H62N4/c1-64(2,3)33-39-26-48-47-31-52-46(32-53(47)71-55-36-69-61-42-24-37-21-38(25-42)23-41(22-37)56(61)57(55)50(28-39)62(48)71)49-27-40(34-65(4,5)6)29-51-58-54(70(52)63(49)51)30-43(35-68)59-60(58)67(45-15-11-8-12-16-45)19-17-66(59,18-20-67)44-13-9-7-10-14-44/h7-16,26-32,36-38,41-42H,17-25,33-34H2,1-6H3. The van der Waals surface area contributed by atoms with E-state index in [1.54, 1.807) is 5.56 Å². The van der Waals surface area contributed by atoms with Crippen molar-refractivity contribution in [3.8, 4) is 6.07 Å². The number of nitriles is 1. The van der Waals surface area contributed by atoms with Crippen molar-refractivity contribution in [1.29, 1.82) is 5.26 Å². The fraction of sp³-hybridized carbons (Fsp3) is 0.373. The van der Waals surface area contributed by atoms with Crippen molar-refractivity contribution in [1.82, 2.24) is 13.8 Å². The van der Waals surface area contributed by atoms with E-state index in [0.717, 1.165) is 55.9 Å². The van der Waals surface area contributed by atoms with E-state index < -0.39 is 0 Å². The first-order valence-corrected chi connectivity index (χ1v) is 27.2. The molecule has 0 aliphatic heterocycles. The van der Waals surface area contributed by atoms with Crippen LogP contribution >= 0.6 is 0 Å². The number of fused-ring (bicyclic) bond motifs is 14. The molecule has 7 aliphatic rings. The Morgan fingerprint density at radius 2 is 1.03 bits per heavy atom. The molecule has 71 heavy (non-hydrogen) atoms. The third-order valence-corrected chi connectivity index (χ3v) is 19.5. The second kappa shape index (κ2) is 13.5. The maximum Gasteiger partial charge on any atom is 0.0995 e. The zero-order valence-electron chi connectivity index (χ0n) is 42.3. The second-order valence-corrected chi connectivity index (χ2v) is 26.3. The first kappa shape index (κ1) is 41.2. The minimum Gasteiger partial charge on any atom is -0.308 e. The van der Waals surface area contributed by atoms with Crippen LogP contribution in [0.4, 0.5) is 0 Å². The lowest BCUT2D eigenvalue weighted by atomic mass is 9.47. The Labute approximate surface area is 416 Å². The van der Waals surface area contributed by atoms with E-state index in [2.05, 4.69) is 166 Å². The summed E-state index contributed by atoms with van der Waals surface area (Å²) in [6, 6.07) is 43.3. The van der Waals surface area contributed by atoms with Crippen LogP contribution in [0.25, 0.3) is 76.2 Å². The number of rotatable bonds is 4. The van der Waals surface area contributed by atoms with Gasteiger partial charge in [0.15, 0.2) is 0 Å². The molecule has 3 saturated carbocycles. The van der Waals surface area contributed by atoms with Gasteiger partial charge < -0.3 is 8.80 Å². The number of nitrogens with zero attached hydrogens (tertiary/aromatic N) is 4. The average Bonchev–Trinajstić information content (AvgIpc) is 4.05. The van der Waals surface area contributed by atoms with Gasteiger partial charge in [0.2, 0.25) is 0 Å². The third-order valence-electron chi connectivity index (χ3n) is 19.5. The van der Waals surface area contributed by atoms with Crippen LogP contribution in [0.15, 0.2) is 109 Å². The van der Waals surface area contributed by atoms with Crippen molar-refractivity contribution >= 4 is 76.2 Å². The predicted molar refractivity (Wildman–Crippen MR) is 293 cm³/mol. The van der Waals surface area contributed by atoms with Crippen molar-refractivity contribution in [2.45, 2.75) is 135 Å². The molecule has 2 unspecified atom stereocenters. The lowest BCUT2D eigenvalue weighted by molar-refractivity contribution is 0.165. The fourth-order valence-electron chi connectivity index (χ4n) is 17.4. The summed E-state index contributed by atoms with van der Waals surface area (Å²) in [6.07, 6.45) is 15.2. The summed E-state index contributed by atoms with van der Waals surface area (Å²) >= 11 is 0. The molecule has 5 heterocycles. The van der Waals surface area contributed by atoms with Gasteiger partial charge in [0.05, 0.1) is 50.9 Å². The first-order valence-electron chi connectivity index (χ1n) is 27.2. The number of pyridine rings is 1. The van der Waals surface area contributed by atoms with E-state index >= 15 is 0 Å². The molecule has 5 aromatic heterocycles. The van der Waals surface area contributed by atoms with Gasteiger partial charge in [-0.05, 0) is 181 Å². The molecule has 0 N–H and O–H groups in total. The minimum atomic E-state index is -0.221. The van der Waals surface area contributed by atoms with Gasteiger partial charge in [-0.2, -0.15) is 5.26 Å². The number of aromatic nitrogens is 3. The zero-order chi connectivity index (χ0) is 47.7. The molecule has 0 saturated heterocycles. The maximum absolute atomic E-state index is 11.6. The Morgan fingerprint density at radius 1 is 0.535 bits per heavy atom. The molecule has 0 radical (unpaired) electrons. The molecule has 11 aromatic rings. The molecule has 2 atom stereocenters. The molecule has 3 fully saturated rings. The van der Waals surface area contributed by atoms with E-state index in [-0.39, 0.29) is 21.7 Å². The van der Waals surface area contributed by atoms with Gasteiger partial charge in [-0.3, -0.25) is 4.98 Å². The zero-order valence-corrected chi connectivity index (χ0v) is 42.3. The number of hydrogen-bond donors (Lipinski definition) is 0. The highest BCUT2D eigenvalue weighted by atomic mass is 14.9. The molecule has 350 valence electrons. The van der Waals surface area contributed by atoms with Crippen LogP contribution < -0.4 is 0 Å². The van der Waals surface area contributed by atoms with Crippen LogP contribution in [0.1, 0.15) is 161 Å². The summed E-state index contributed by atoms with van der Waals surface area (Å²) in [6.45, 7) is 14.3. The highest BCUT2D eigenvalue weighted by Crippen LogP contribution is 2.65. The molecule has 4 heteroatoms. The Balaban J connectivity index is 1.07. The molecule has 6 bridgehead atoms. The molecular weight excluding hydrogens is 861 g/mol. The number of benzene rings is 6. The van der Waals surface area contributed by atoms with E-state index in [9.17, 15) is 5.26 Å². The quantitative estimate of drug-likeness (QED) is 0.177. The van der Waals surface area contributed by atoms with Gasteiger partial charge in [0.1, 0.15) is 0 Å². The van der Waals surface area contributed by atoms with Crippen molar-refractivity contribution in [3.05, 3.63) is 160 Å². The Bertz CT molecular complexity index is 4120. The summed E-state index contributed by atoms with van der Waals surface area (Å²) in [5, 5.41) is 22.5. The average molecular weight is 923 g/mol. The van der Waals surface area contributed by atoms with Crippen LogP contribution in [0.3, 0.4) is 0 Å². The lowest BCUT2D eigenvalue weighted by Gasteiger charge is -2.56. The van der Waals surface area contributed by atoms with E-state index in [1.807, 2.05) is 0 Å². The van der Waals surface area contributed by atoms with Gasteiger partial charge in [0.25, 0.3) is 0 Å². The van der Waals surface area contributed by atoms with Crippen molar-refractivity contribution < 1.29 is 0 Å². The van der Waals surface area contributed by atoms with Crippen molar-refractivity contribution in [2.75, 3.05) is 0 Å². The van der Waals surface area contributed by atoms with Gasteiger partial charge >= 0.3 is 0 Å². The highest BCUT2D eigenvalue weighted by Gasteiger charge is 2.56. The summed E-state index contributed by atoms with van der Waals surface area (Å²) in [7, 11) is 0. The smallest absolute Gasteiger partial charge is 0.0995 e. The highest BCUT2D eigenvalue weighted by molar-refractivity contribution is 6.30. The molecule has 7 aliphatic carbocycles. The molecule has 4 nitrogen and oxygen atoms in total. The van der Waals surface area contributed by atoms with Gasteiger partial charge in [-0.15, -0.1) is 0 Å². The van der Waals surface area contributed by atoms with E-state index in [4.69, 9.17) is 4.98 Å². The van der Waals surface area contributed by atoms with Gasteiger partial charge in [0, 0.05) is 65.5 Å². The Hall–Kier alpha value is -6.44. The van der Waals surface area contributed by atoms with Gasteiger partial charge in [-0.25, -0.2) is 0 Å². The largest absolute Gasteiger partial charge is 0.308 e. The van der Waals surface area contributed by atoms with Crippen molar-refractivity contribution in [2.24, 2.45) is 22.7 Å².